The fourth-order valence-corrected chi connectivity index (χ4v) is 5.61. The van der Waals surface area contributed by atoms with Gasteiger partial charge in [-0.3, -0.25) is 10.1 Å². The van der Waals surface area contributed by atoms with Gasteiger partial charge in [-0.2, -0.15) is 4.31 Å². The fraction of sp³-hybridized carbons (Fsp3) is 0.500. The number of nitro benzene ring substituents is 1. The Hall–Kier alpha value is -2.79. The number of benzene rings is 1. The zero-order chi connectivity index (χ0) is 22.0. The lowest BCUT2D eigenvalue weighted by molar-refractivity contribution is -0.385. The number of anilines is 2. The van der Waals surface area contributed by atoms with Crippen molar-refractivity contribution in [2.24, 2.45) is 0 Å². The number of nitrogens with zero attached hydrogens (tertiary/aromatic N) is 6. The smallest absolute Gasteiger partial charge is 0.270 e. The average Bonchev–Trinajstić information content (AvgIpc) is 2.80. The first-order chi connectivity index (χ1) is 14.9. The molecule has 0 amide bonds. The molecular weight excluding hydrogens is 420 g/mol. The van der Waals surface area contributed by atoms with Gasteiger partial charge in [0.05, 0.1) is 9.82 Å². The molecule has 2 aliphatic rings. The number of piperazine rings is 1. The van der Waals surface area contributed by atoms with E-state index in [-0.39, 0.29) is 23.7 Å². The average molecular weight is 447 g/mol. The molecule has 2 aliphatic heterocycles. The number of piperidine rings is 1. The minimum absolute atomic E-state index is 0.0602. The van der Waals surface area contributed by atoms with Crippen molar-refractivity contribution in [1.29, 1.82) is 0 Å². The number of sulfonamides is 1. The molecule has 166 valence electrons. The normalized spacial score (nSPS) is 20.6. The molecule has 1 atom stereocenters. The molecule has 3 heterocycles. The van der Waals surface area contributed by atoms with Crippen LogP contribution in [0.3, 0.4) is 0 Å². The van der Waals surface area contributed by atoms with E-state index < -0.39 is 14.9 Å². The van der Waals surface area contributed by atoms with Crippen LogP contribution in [0.4, 0.5) is 17.3 Å². The predicted molar refractivity (Wildman–Crippen MR) is 117 cm³/mol. The second-order valence-electron chi connectivity index (χ2n) is 7.93. The highest BCUT2D eigenvalue weighted by Gasteiger charge is 2.30. The third-order valence-corrected chi connectivity index (χ3v) is 7.86. The molecule has 1 aromatic heterocycles. The molecule has 2 fully saturated rings. The Labute approximate surface area is 181 Å². The van der Waals surface area contributed by atoms with E-state index in [1.54, 1.807) is 0 Å². The lowest BCUT2D eigenvalue weighted by Gasteiger charge is -2.35. The Kier molecular flexibility index (Phi) is 6.05. The molecule has 2 aromatic rings. The van der Waals surface area contributed by atoms with Crippen molar-refractivity contribution in [3.8, 4) is 0 Å². The van der Waals surface area contributed by atoms with E-state index in [2.05, 4.69) is 22.0 Å². The van der Waals surface area contributed by atoms with Crippen molar-refractivity contribution >= 4 is 27.3 Å². The predicted octanol–water partition coefficient (Wildman–Crippen LogP) is 2.27. The first kappa shape index (κ1) is 21.4. The first-order valence-corrected chi connectivity index (χ1v) is 11.9. The summed E-state index contributed by atoms with van der Waals surface area (Å²) in [7, 11) is -3.79. The van der Waals surface area contributed by atoms with Crippen LogP contribution in [-0.4, -0.2) is 66.6 Å². The summed E-state index contributed by atoms with van der Waals surface area (Å²) in [6.07, 6.45) is 3.56. The van der Waals surface area contributed by atoms with Gasteiger partial charge in [0.15, 0.2) is 11.6 Å². The molecule has 31 heavy (non-hydrogen) atoms. The lowest BCUT2D eigenvalue weighted by atomic mass is 10.0. The van der Waals surface area contributed by atoms with E-state index in [1.165, 1.54) is 28.9 Å². The van der Waals surface area contributed by atoms with Gasteiger partial charge in [0.25, 0.3) is 5.69 Å². The van der Waals surface area contributed by atoms with Crippen LogP contribution in [0.2, 0.25) is 0 Å². The van der Waals surface area contributed by atoms with E-state index in [4.69, 9.17) is 0 Å². The van der Waals surface area contributed by atoms with E-state index in [1.807, 2.05) is 17.0 Å². The Morgan fingerprint density at radius 3 is 2.35 bits per heavy atom. The highest BCUT2D eigenvalue weighted by atomic mass is 32.2. The van der Waals surface area contributed by atoms with Crippen LogP contribution in [0.15, 0.2) is 41.3 Å². The number of rotatable bonds is 5. The van der Waals surface area contributed by atoms with Crippen LogP contribution >= 0.6 is 0 Å². The molecular formula is C20H26N6O4S. The monoisotopic (exact) mass is 446 g/mol. The molecule has 0 saturated carbocycles. The SMILES string of the molecule is CC1CCCCN1c1ccc(N2CCN(S(=O)(=O)c3cccc([N+](=O)[O-])c3)CC2)nn1. The molecule has 1 aromatic carbocycles. The highest BCUT2D eigenvalue weighted by Crippen LogP contribution is 2.25. The van der Waals surface area contributed by atoms with Crippen LogP contribution in [0.1, 0.15) is 26.2 Å². The van der Waals surface area contributed by atoms with Gasteiger partial charge in [0.1, 0.15) is 0 Å². The Morgan fingerprint density at radius 1 is 1.00 bits per heavy atom. The largest absolute Gasteiger partial charge is 0.352 e. The van der Waals surface area contributed by atoms with Crippen molar-refractivity contribution in [3.63, 3.8) is 0 Å². The van der Waals surface area contributed by atoms with Gasteiger partial charge in [-0.1, -0.05) is 6.07 Å². The van der Waals surface area contributed by atoms with Crippen LogP contribution < -0.4 is 9.80 Å². The topological polar surface area (TPSA) is 113 Å². The van der Waals surface area contributed by atoms with Crippen LogP contribution in [-0.2, 0) is 10.0 Å². The zero-order valence-electron chi connectivity index (χ0n) is 17.4. The molecule has 0 spiro atoms. The minimum atomic E-state index is -3.79. The summed E-state index contributed by atoms with van der Waals surface area (Å²) >= 11 is 0. The van der Waals surface area contributed by atoms with Gasteiger partial charge in [-0.15, -0.1) is 10.2 Å². The summed E-state index contributed by atoms with van der Waals surface area (Å²) in [6.45, 7) is 4.69. The minimum Gasteiger partial charge on any atom is -0.352 e. The molecule has 4 rings (SSSR count). The summed E-state index contributed by atoms with van der Waals surface area (Å²) in [5.74, 6) is 1.60. The molecule has 1 unspecified atom stereocenters. The molecule has 2 saturated heterocycles. The maximum Gasteiger partial charge on any atom is 0.270 e. The molecule has 0 bridgehead atoms. The van der Waals surface area contributed by atoms with Gasteiger partial charge in [0.2, 0.25) is 10.0 Å². The number of nitro groups is 1. The van der Waals surface area contributed by atoms with E-state index in [0.29, 0.717) is 19.1 Å². The zero-order valence-corrected chi connectivity index (χ0v) is 18.2. The van der Waals surface area contributed by atoms with Gasteiger partial charge in [-0.05, 0) is 44.4 Å². The maximum atomic E-state index is 12.9. The van der Waals surface area contributed by atoms with Gasteiger partial charge in [-0.25, -0.2) is 8.42 Å². The van der Waals surface area contributed by atoms with Crippen molar-refractivity contribution in [2.75, 3.05) is 42.5 Å². The first-order valence-electron chi connectivity index (χ1n) is 10.5. The summed E-state index contributed by atoms with van der Waals surface area (Å²) in [5, 5.41) is 19.8. The highest BCUT2D eigenvalue weighted by molar-refractivity contribution is 7.89. The maximum absolute atomic E-state index is 12.9. The molecule has 11 heteroatoms. The van der Waals surface area contributed by atoms with Crippen molar-refractivity contribution in [1.82, 2.24) is 14.5 Å². The summed E-state index contributed by atoms with van der Waals surface area (Å²) in [5.41, 5.74) is -0.238. The van der Waals surface area contributed by atoms with Crippen LogP contribution in [0.25, 0.3) is 0 Å². The van der Waals surface area contributed by atoms with Crippen molar-refractivity contribution in [3.05, 3.63) is 46.5 Å². The Morgan fingerprint density at radius 2 is 1.71 bits per heavy atom. The second kappa shape index (κ2) is 8.75. The van der Waals surface area contributed by atoms with E-state index in [9.17, 15) is 18.5 Å². The molecule has 10 nitrogen and oxygen atoms in total. The van der Waals surface area contributed by atoms with Gasteiger partial charge < -0.3 is 9.80 Å². The van der Waals surface area contributed by atoms with Crippen LogP contribution in [0.5, 0.6) is 0 Å². The van der Waals surface area contributed by atoms with E-state index in [0.717, 1.165) is 37.1 Å². The summed E-state index contributed by atoms with van der Waals surface area (Å²) in [6, 6.07) is 9.54. The summed E-state index contributed by atoms with van der Waals surface area (Å²) < 4.78 is 27.2. The number of hydrogen-bond acceptors (Lipinski definition) is 8. The van der Waals surface area contributed by atoms with Crippen LogP contribution in [0, 0.1) is 10.1 Å². The molecule has 0 aliphatic carbocycles. The standard InChI is InChI=1S/C20H26N6O4S/c1-16-5-2-3-10-25(16)20-9-8-19(21-22-20)23-11-13-24(14-12-23)31(29,30)18-7-4-6-17(15-18)26(27)28/h4,6-9,15-16H,2-3,5,10-14H2,1H3. The second-order valence-corrected chi connectivity index (χ2v) is 9.87. The van der Waals surface area contributed by atoms with Gasteiger partial charge in [0, 0.05) is 50.9 Å². The fourth-order valence-electron chi connectivity index (χ4n) is 4.14. The third kappa shape index (κ3) is 4.47. The Bertz CT molecular complexity index is 1040. The number of aromatic nitrogens is 2. The van der Waals surface area contributed by atoms with Crippen molar-refractivity contribution in [2.45, 2.75) is 37.1 Å². The van der Waals surface area contributed by atoms with E-state index >= 15 is 0 Å². The quantitative estimate of drug-likeness (QED) is 0.508. The van der Waals surface area contributed by atoms with Crippen molar-refractivity contribution < 1.29 is 13.3 Å². The molecule has 0 N–H and O–H groups in total. The Balaban J connectivity index is 1.41. The lowest BCUT2D eigenvalue weighted by Crippen LogP contribution is -2.49. The number of hydrogen-bond donors (Lipinski definition) is 0. The third-order valence-electron chi connectivity index (χ3n) is 5.96. The van der Waals surface area contributed by atoms with Gasteiger partial charge >= 0.3 is 0 Å². The summed E-state index contributed by atoms with van der Waals surface area (Å²) in [4.78, 5) is 14.6. The number of non-ortho nitro benzene ring substituents is 1. The molecule has 0 radical (unpaired) electrons.